The first-order valence-corrected chi connectivity index (χ1v) is 5.99. The van der Waals surface area contributed by atoms with Gasteiger partial charge in [0, 0.05) is 13.1 Å². The number of hydrogen-bond acceptors (Lipinski definition) is 3. The van der Waals surface area contributed by atoms with Crippen LogP contribution in [0, 0.1) is 13.8 Å². The van der Waals surface area contributed by atoms with Crippen LogP contribution in [0.25, 0.3) is 0 Å². The lowest BCUT2D eigenvalue weighted by molar-refractivity contribution is -0.117. The predicted octanol–water partition coefficient (Wildman–Crippen LogP) is 1.41. The highest BCUT2D eigenvalue weighted by Crippen LogP contribution is 2.33. The van der Waals surface area contributed by atoms with E-state index in [1.165, 1.54) is 5.56 Å². The van der Waals surface area contributed by atoms with Crippen LogP contribution in [0.15, 0.2) is 12.1 Å². The fourth-order valence-electron chi connectivity index (χ4n) is 2.22. The molecule has 17 heavy (non-hydrogen) atoms. The third-order valence-electron chi connectivity index (χ3n) is 3.32. The Morgan fingerprint density at radius 2 is 2.24 bits per heavy atom. The number of amides is 1. The molecular weight excluding hydrogens is 214 g/mol. The van der Waals surface area contributed by atoms with Crippen LogP contribution >= 0.6 is 0 Å². The van der Waals surface area contributed by atoms with Gasteiger partial charge >= 0.3 is 0 Å². The number of carbonyl (C=O) groups is 1. The summed E-state index contributed by atoms with van der Waals surface area (Å²) in [5.74, 6) is -0.0105. The monoisotopic (exact) mass is 233 g/mol. The second kappa shape index (κ2) is 4.75. The van der Waals surface area contributed by atoms with E-state index in [1.807, 2.05) is 11.0 Å². The SMILES string of the molecule is Cc1ccc2c(c1C)N(C(=O)CN)CCCN2. The largest absolute Gasteiger partial charge is 0.383 e. The van der Waals surface area contributed by atoms with Crippen LogP contribution in [-0.2, 0) is 4.79 Å². The smallest absolute Gasteiger partial charge is 0.240 e. The molecule has 0 aliphatic carbocycles. The number of carbonyl (C=O) groups excluding carboxylic acids is 1. The third kappa shape index (κ3) is 2.13. The summed E-state index contributed by atoms with van der Waals surface area (Å²) in [6.45, 7) is 5.81. The average molecular weight is 233 g/mol. The number of hydrogen-bond donors (Lipinski definition) is 2. The molecule has 0 aromatic heterocycles. The molecule has 1 aliphatic heterocycles. The lowest BCUT2D eigenvalue weighted by atomic mass is 10.1. The van der Waals surface area contributed by atoms with E-state index in [4.69, 9.17) is 5.73 Å². The van der Waals surface area contributed by atoms with E-state index in [1.54, 1.807) is 0 Å². The van der Waals surface area contributed by atoms with Crippen LogP contribution in [0.3, 0.4) is 0 Å². The number of benzene rings is 1. The number of aryl methyl sites for hydroxylation is 1. The number of nitrogens with zero attached hydrogens (tertiary/aromatic N) is 1. The van der Waals surface area contributed by atoms with E-state index < -0.39 is 0 Å². The van der Waals surface area contributed by atoms with Gasteiger partial charge in [-0.2, -0.15) is 0 Å². The Morgan fingerprint density at radius 1 is 1.47 bits per heavy atom. The molecule has 4 nitrogen and oxygen atoms in total. The van der Waals surface area contributed by atoms with Crippen LogP contribution in [0.4, 0.5) is 11.4 Å². The molecule has 1 amide bonds. The summed E-state index contributed by atoms with van der Waals surface area (Å²) in [6.07, 6.45) is 0.943. The molecule has 1 aromatic carbocycles. The zero-order valence-corrected chi connectivity index (χ0v) is 10.4. The Bertz CT molecular complexity index is 443. The lowest BCUT2D eigenvalue weighted by Crippen LogP contribution is -2.37. The van der Waals surface area contributed by atoms with E-state index >= 15 is 0 Å². The summed E-state index contributed by atoms with van der Waals surface area (Å²) in [5, 5.41) is 3.37. The molecule has 0 saturated carbocycles. The Morgan fingerprint density at radius 3 is 2.94 bits per heavy atom. The fraction of sp³-hybridized carbons (Fsp3) is 0.462. The highest BCUT2D eigenvalue weighted by atomic mass is 16.2. The van der Waals surface area contributed by atoms with Gasteiger partial charge in [-0.25, -0.2) is 0 Å². The van der Waals surface area contributed by atoms with Crippen molar-refractivity contribution in [2.45, 2.75) is 20.3 Å². The third-order valence-corrected chi connectivity index (χ3v) is 3.32. The number of anilines is 2. The van der Waals surface area contributed by atoms with Gasteiger partial charge in [0.25, 0.3) is 0 Å². The van der Waals surface area contributed by atoms with E-state index in [0.29, 0.717) is 0 Å². The second-order valence-electron chi connectivity index (χ2n) is 4.43. The van der Waals surface area contributed by atoms with Crippen molar-refractivity contribution in [3.8, 4) is 0 Å². The van der Waals surface area contributed by atoms with Gasteiger partial charge in [-0.1, -0.05) is 6.07 Å². The number of nitrogens with two attached hydrogens (primary N) is 1. The lowest BCUT2D eigenvalue weighted by Gasteiger charge is -2.24. The van der Waals surface area contributed by atoms with Crippen molar-refractivity contribution < 1.29 is 4.79 Å². The molecule has 1 heterocycles. The van der Waals surface area contributed by atoms with Crippen molar-refractivity contribution in [1.82, 2.24) is 0 Å². The molecule has 0 spiro atoms. The fourth-order valence-corrected chi connectivity index (χ4v) is 2.22. The van der Waals surface area contributed by atoms with E-state index in [2.05, 4.69) is 25.2 Å². The number of rotatable bonds is 1. The molecule has 0 fully saturated rings. The summed E-state index contributed by atoms with van der Waals surface area (Å²) < 4.78 is 0. The summed E-state index contributed by atoms with van der Waals surface area (Å²) in [7, 11) is 0. The Labute approximate surface area is 102 Å². The van der Waals surface area contributed by atoms with Crippen LogP contribution in [-0.4, -0.2) is 25.5 Å². The molecule has 1 aromatic rings. The van der Waals surface area contributed by atoms with Crippen molar-refractivity contribution >= 4 is 17.3 Å². The quantitative estimate of drug-likeness (QED) is 0.771. The highest BCUT2D eigenvalue weighted by molar-refractivity contribution is 5.99. The van der Waals surface area contributed by atoms with Crippen molar-refractivity contribution in [3.63, 3.8) is 0 Å². The Kier molecular flexibility index (Phi) is 3.33. The van der Waals surface area contributed by atoms with Gasteiger partial charge < -0.3 is 16.0 Å². The minimum atomic E-state index is -0.0105. The number of nitrogens with one attached hydrogen (secondary N) is 1. The molecule has 0 unspecified atom stereocenters. The molecule has 0 bridgehead atoms. The minimum Gasteiger partial charge on any atom is -0.383 e. The van der Waals surface area contributed by atoms with Crippen LogP contribution in [0.2, 0.25) is 0 Å². The van der Waals surface area contributed by atoms with Crippen molar-refractivity contribution in [2.75, 3.05) is 29.9 Å². The van der Waals surface area contributed by atoms with Gasteiger partial charge in [0.1, 0.15) is 0 Å². The van der Waals surface area contributed by atoms with E-state index in [9.17, 15) is 4.79 Å². The van der Waals surface area contributed by atoms with Crippen LogP contribution in [0.1, 0.15) is 17.5 Å². The van der Waals surface area contributed by atoms with Gasteiger partial charge in [-0.15, -0.1) is 0 Å². The molecule has 0 atom stereocenters. The van der Waals surface area contributed by atoms with Gasteiger partial charge in [0.15, 0.2) is 0 Å². The van der Waals surface area contributed by atoms with Gasteiger partial charge in [0.05, 0.1) is 17.9 Å². The summed E-state index contributed by atoms with van der Waals surface area (Å²) >= 11 is 0. The summed E-state index contributed by atoms with van der Waals surface area (Å²) in [5.41, 5.74) is 9.87. The Balaban J connectivity index is 2.53. The van der Waals surface area contributed by atoms with Crippen LogP contribution in [0.5, 0.6) is 0 Å². The second-order valence-corrected chi connectivity index (χ2v) is 4.43. The average Bonchev–Trinajstić information content (AvgIpc) is 2.55. The molecule has 0 saturated heterocycles. The van der Waals surface area contributed by atoms with Gasteiger partial charge in [-0.3, -0.25) is 4.79 Å². The Hall–Kier alpha value is -1.55. The van der Waals surface area contributed by atoms with Crippen LogP contribution < -0.4 is 16.0 Å². The first-order valence-electron chi connectivity index (χ1n) is 5.99. The summed E-state index contributed by atoms with van der Waals surface area (Å²) in [6, 6.07) is 4.12. The maximum Gasteiger partial charge on any atom is 0.240 e. The van der Waals surface area contributed by atoms with Crippen molar-refractivity contribution in [1.29, 1.82) is 0 Å². The molecule has 3 N–H and O–H groups in total. The molecule has 92 valence electrons. The van der Waals surface area contributed by atoms with Gasteiger partial charge in [-0.05, 0) is 37.5 Å². The maximum atomic E-state index is 11.9. The van der Waals surface area contributed by atoms with Gasteiger partial charge in [0.2, 0.25) is 5.91 Å². The highest BCUT2D eigenvalue weighted by Gasteiger charge is 2.22. The first kappa shape index (κ1) is 11.9. The molecule has 2 rings (SSSR count). The predicted molar refractivity (Wildman–Crippen MR) is 70.4 cm³/mol. The normalized spacial score (nSPS) is 14.9. The zero-order valence-electron chi connectivity index (χ0n) is 10.4. The van der Waals surface area contributed by atoms with Crippen molar-refractivity contribution in [3.05, 3.63) is 23.3 Å². The van der Waals surface area contributed by atoms with E-state index in [-0.39, 0.29) is 12.5 Å². The topological polar surface area (TPSA) is 58.4 Å². The standard InChI is InChI=1S/C13H19N3O/c1-9-4-5-11-13(10(9)2)16(12(17)8-14)7-3-6-15-11/h4-5,15H,3,6-8,14H2,1-2H3. The van der Waals surface area contributed by atoms with Crippen molar-refractivity contribution in [2.24, 2.45) is 5.73 Å². The molecule has 4 heteroatoms. The zero-order chi connectivity index (χ0) is 12.4. The maximum absolute atomic E-state index is 11.9. The van der Waals surface area contributed by atoms with E-state index in [0.717, 1.165) is 36.4 Å². The minimum absolute atomic E-state index is 0.0105. The first-order chi connectivity index (χ1) is 8.15. The number of fused-ring (bicyclic) bond motifs is 1. The molecular formula is C13H19N3O. The molecule has 0 radical (unpaired) electrons. The summed E-state index contributed by atoms with van der Waals surface area (Å²) in [4.78, 5) is 13.7. The molecule has 1 aliphatic rings.